The van der Waals surface area contributed by atoms with E-state index >= 15 is 0 Å². The summed E-state index contributed by atoms with van der Waals surface area (Å²) in [5.74, 6) is 1.71. The van der Waals surface area contributed by atoms with E-state index in [1.807, 2.05) is 29.5 Å². The monoisotopic (exact) mass is 367 g/mol. The number of hydrogen-bond donors (Lipinski definition) is 1. The van der Waals surface area contributed by atoms with Gasteiger partial charge in [0, 0.05) is 6.42 Å². The molecule has 0 bridgehead atoms. The zero-order valence-electron chi connectivity index (χ0n) is 14.2. The summed E-state index contributed by atoms with van der Waals surface area (Å²) < 4.78 is 12.4. The summed E-state index contributed by atoms with van der Waals surface area (Å²) >= 11 is 1.81. The minimum absolute atomic E-state index is 0.389. The Morgan fingerprint density at radius 1 is 1.12 bits per heavy atom. The van der Waals surface area contributed by atoms with Gasteiger partial charge in [0.15, 0.2) is 17.3 Å². The number of hydrogen-bond acceptors (Lipinski definition) is 6. The molecule has 132 valence electrons. The zero-order chi connectivity index (χ0) is 17.3. The molecule has 6 nitrogen and oxygen atoms in total. The first kappa shape index (κ1) is 15.7. The molecule has 5 rings (SSSR count). The van der Waals surface area contributed by atoms with Crippen molar-refractivity contribution in [3.63, 3.8) is 0 Å². The molecule has 2 atom stereocenters. The first-order chi connectivity index (χ1) is 12.9. The largest absolute Gasteiger partial charge is 0.459 e. The lowest BCUT2D eigenvalue weighted by Gasteiger charge is -2.30. The molecule has 1 N–H and O–H groups in total. The Morgan fingerprint density at radius 2 is 2.08 bits per heavy atom. The normalized spacial score (nSPS) is 20.6. The smallest absolute Gasteiger partial charge is 0.283 e. The second-order valence-electron chi connectivity index (χ2n) is 6.63. The fraction of sp³-hybridized carbons (Fsp3) is 0.316. The van der Waals surface area contributed by atoms with Gasteiger partial charge in [-0.25, -0.2) is 4.98 Å². The van der Waals surface area contributed by atoms with Crippen LogP contribution in [0.3, 0.4) is 0 Å². The molecule has 1 aliphatic heterocycles. The number of aromatic nitrogens is 3. The second kappa shape index (κ2) is 6.66. The Morgan fingerprint density at radius 3 is 2.96 bits per heavy atom. The van der Waals surface area contributed by atoms with Crippen molar-refractivity contribution in [2.75, 3.05) is 6.54 Å². The molecule has 1 aliphatic rings. The highest BCUT2D eigenvalue weighted by atomic mass is 32.1. The summed E-state index contributed by atoms with van der Waals surface area (Å²) in [6.45, 7) is 1.81. The van der Waals surface area contributed by atoms with Crippen LogP contribution < -0.4 is 4.90 Å². The lowest BCUT2D eigenvalue weighted by atomic mass is 10.0. The third-order valence-electron chi connectivity index (χ3n) is 4.92. The topological polar surface area (TPSA) is 69.4 Å². The van der Waals surface area contributed by atoms with E-state index in [4.69, 9.17) is 13.8 Å². The number of thiazole rings is 1. The minimum atomic E-state index is 0.389. The number of nitrogens with zero attached hydrogens (tertiary/aromatic N) is 3. The summed E-state index contributed by atoms with van der Waals surface area (Å²) in [4.78, 5) is 6.34. The van der Waals surface area contributed by atoms with Crippen LogP contribution in [0.4, 0.5) is 0 Å². The van der Waals surface area contributed by atoms with Crippen LogP contribution in [0.25, 0.3) is 21.9 Å². The molecule has 1 unspecified atom stereocenters. The summed E-state index contributed by atoms with van der Waals surface area (Å²) in [5, 5.41) is 9.56. The van der Waals surface area contributed by atoms with E-state index in [0.717, 1.165) is 18.5 Å². The first-order valence-corrected chi connectivity index (χ1v) is 9.75. The summed E-state index contributed by atoms with van der Waals surface area (Å²) in [6, 6.07) is 12.4. The SMILES string of the molecule is c1coc(-c2nnc(C[NH+]3CCCC[C@H]3c3nc4ccccc4s3)o2)c1. The van der Waals surface area contributed by atoms with E-state index in [-0.39, 0.29) is 0 Å². The fourth-order valence-corrected chi connectivity index (χ4v) is 4.81. The average molecular weight is 367 g/mol. The van der Waals surface area contributed by atoms with Crippen LogP contribution in [0, 0.1) is 0 Å². The third kappa shape index (κ3) is 2.93. The Balaban J connectivity index is 1.39. The van der Waals surface area contributed by atoms with Crippen LogP contribution in [0.5, 0.6) is 0 Å². The Bertz CT molecular complexity index is 975. The third-order valence-corrected chi connectivity index (χ3v) is 6.07. The molecule has 4 heterocycles. The van der Waals surface area contributed by atoms with E-state index in [9.17, 15) is 0 Å². The van der Waals surface area contributed by atoms with Gasteiger partial charge in [-0.1, -0.05) is 12.1 Å². The van der Waals surface area contributed by atoms with Crippen molar-refractivity contribution in [2.24, 2.45) is 0 Å². The molecule has 0 radical (unpaired) electrons. The first-order valence-electron chi connectivity index (χ1n) is 8.93. The number of quaternary nitrogens is 1. The number of piperidine rings is 1. The number of nitrogens with one attached hydrogen (secondary N) is 1. The molecule has 1 fully saturated rings. The molecule has 26 heavy (non-hydrogen) atoms. The number of fused-ring (bicyclic) bond motifs is 1. The quantitative estimate of drug-likeness (QED) is 0.600. The van der Waals surface area contributed by atoms with E-state index in [1.54, 1.807) is 6.26 Å². The van der Waals surface area contributed by atoms with Gasteiger partial charge in [0.05, 0.1) is 23.0 Å². The van der Waals surface area contributed by atoms with Gasteiger partial charge in [-0.2, -0.15) is 0 Å². The van der Waals surface area contributed by atoms with Gasteiger partial charge in [-0.3, -0.25) is 0 Å². The maximum Gasteiger partial charge on any atom is 0.283 e. The van der Waals surface area contributed by atoms with Crippen molar-refractivity contribution in [1.29, 1.82) is 0 Å². The van der Waals surface area contributed by atoms with Gasteiger partial charge in [-0.05, 0) is 37.1 Å². The predicted octanol–water partition coefficient (Wildman–Crippen LogP) is 3.25. The van der Waals surface area contributed by atoms with Gasteiger partial charge in [0.2, 0.25) is 0 Å². The maximum absolute atomic E-state index is 5.82. The van der Waals surface area contributed by atoms with Gasteiger partial charge in [0.1, 0.15) is 6.04 Å². The van der Waals surface area contributed by atoms with E-state index in [1.165, 1.54) is 27.4 Å². The number of benzene rings is 1. The highest BCUT2D eigenvalue weighted by molar-refractivity contribution is 7.18. The highest BCUT2D eigenvalue weighted by Gasteiger charge is 2.32. The van der Waals surface area contributed by atoms with Crippen molar-refractivity contribution in [1.82, 2.24) is 15.2 Å². The lowest BCUT2D eigenvalue weighted by molar-refractivity contribution is -0.951. The van der Waals surface area contributed by atoms with E-state index in [2.05, 4.69) is 28.4 Å². The molecule has 0 amide bonds. The summed E-state index contributed by atoms with van der Waals surface area (Å²) in [6.07, 6.45) is 5.22. The lowest BCUT2D eigenvalue weighted by Crippen LogP contribution is -3.11. The maximum atomic E-state index is 5.82. The molecule has 0 spiro atoms. The zero-order valence-corrected chi connectivity index (χ0v) is 15.0. The van der Waals surface area contributed by atoms with Crippen LogP contribution in [0.15, 0.2) is 51.5 Å². The van der Waals surface area contributed by atoms with Crippen molar-refractivity contribution in [3.05, 3.63) is 53.6 Å². The van der Waals surface area contributed by atoms with Crippen LogP contribution >= 0.6 is 11.3 Å². The number of para-hydroxylation sites is 1. The fourth-order valence-electron chi connectivity index (χ4n) is 3.65. The van der Waals surface area contributed by atoms with Crippen molar-refractivity contribution < 1.29 is 13.7 Å². The number of rotatable bonds is 4. The molecule has 0 saturated carbocycles. The Kier molecular flexibility index (Phi) is 4.03. The van der Waals surface area contributed by atoms with Gasteiger partial charge < -0.3 is 13.7 Å². The van der Waals surface area contributed by atoms with Crippen molar-refractivity contribution in [3.8, 4) is 11.7 Å². The molecule has 0 aliphatic carbocycles. The van der Waals surface area contributed by atoms with E-state index in [0.29, 0.717) is 30.1 Å². The van der Waals surface area contributed by atoms with Crippen molar-refractivity contribution in [2.45, 2.75) is 31.8 Å². The van der Waals surface area contributed by atoms with Gasteiger partial charge in [0.25, 0.3) is 11.8 Å². The molecular weight excluding hydrogens is 348 g/mol. The average Bonchev–Trinajstić information content (AvgIpc) is 3.42. The Labute approximate surface area is 154 Å². The molecule has 4 aromatic rings. The van der Waals surface area contributed by atoms with Gasteiger partial charge in [-0.15, -0.1) is 21.5 Å². The predicted molar refractivity (Wildman–Crippen MR) is 97.7 cm³/mol. The summed E-state index contributed by atoms with van der Waals surface area (Å²) in [7, 11) is 0. The standard InChI is InChI=1S/C19H18N4O2S/c1-2-9-16-13(6-1)20-19(26-16)14-7-3-4-10-23(14)12-17-21-22-18(25-17)15-8-5-11-24-15/h1-2,5-6,8-9,11,14H,3-4,7,10,12H2/p+1/t14-/m0/s1. The van der Waals surface area contributed by atoms with Crippen LogP contribution in [-0.4, -0.2) is 21.7 Å². The summed E-state index contributed by atoms with van der Waals surface area (Å²) in [5.41, 5.74) is 1.09. The number of furan rings is 1. The van der Waals surface area contributed by atoms with Gasteiger partial charge >= 0.3 is 0 Å². The van der Waals surface area contributed by atoms with Crippen LogP contribution in [0.1, 0.15) is 36.2 Å². The van der Waals surface area contributed by atoms with Crippen LogP contribution in [-0.2, 0) is 6.54 Å². The molecule has 7 heteroatoms. The molecule has 1 saturated heterocycles. The molecule has 1 aromatic carbocycles. The second-order valence-corrected chi connectivity index (χ2v) is 7.69. The minimum Gasteiger partial charge on any atom is -0.459 e. The van der Waals surface area contributed by atoms with Crippen LogP contribution in [0.2, 0.25) is 0 Å². The van der Waals surface area contributed by atoms with Crippen molar-refractivity contribution >= 4 is 21.6 Å². The highest BCUT2D eigenvalue weighted by Crippen LogP contribution is 2.29. The Hall–Kier alpha value is -2.51. The molecular formula is C19H19N4O2S+. The van der Waals surface area contributed by atoms with E-state index < -0.39 is 0 Å². The number of likely N-dealkylation sites (tertiary alicyclic amines) is 1. The molecule has 3 aromatic heterocycles.